The minimum absolute atomic E-state index is 0. The zero-order chi connectivity index (χ0) is 20.9. The van der Waals surface area contributed by atoms with E-state index in [0.29, 0.717) is 0 Å². The van der Waals surface area contributed by atoms with E-state index in [1.165, 1.54) is 15.6 Å². The summed E-state index contributed by atoms with van der Waals surface area (Å²) in [6, 6.07) is 52.1. The van der Waals surface area contributed by atoms with Crippen molar-refractivity contribution in [2.75, 3.05) is 0 Å². The molecule has 0 unspecified atom stereocenters. The number of hydrogen-bond donors (Lipinski definition) is 0. The SMILES string of the molecule is [CH2-][Si](c1ccccc1)(c1ccccc1)c1ccccc1.[Zr+3].c1cc[cH-]c1.c1cc[cH-]c1. The summed E-state index contributed by atoms with van der Waals surface area (Å²) in [6.07, 6.45) is 0. The first-order valence-corrected chi connectivity index (χ1v) is 12.4. The average Bonchev–Trinajstić information content (AvgIpc) is 3.60. The molecule has 0 aliphatic carbocycles. The van der Waals surface area contributed by atoms with Gasteiger partial charge in [0.2, 0.25) is 0 Å². The predicted molar refractivity (Wildman–Crippen MR) is 133 cm³/mol. The van der Waals surface area contributed by atoms with E-state index in [-0.39, 0.29) is 26.2 Å². The fourth-order valence-electron chi connectivity index (χ4n) is 3.31. The summed E-state index contributed by atoms with van der Waals surface area (Å²) in [6.45, 7) is 4.72. The van der Waals surface area contributed by atoms with Crippen molar-refractivity contribution in [2.45, 2.75) is 0 Å². The summed E-state index contributed by atoms with van der Waals surface area (Å²) in [5.41, 5.74) is 0. The van der Waals surface area contributed by atoms with E-state index in [2.05, 4.69) is 91.0 Å². The molecule has 0 nitrogen and oxygen atoms in total. The summed E-state index contributed by atoms with van der Waals surface area (Å²) in [7, 11) is -2.13. The van der Waals surface area contributed by atoms with Gasteiger partial charge in [-0.15, -0.1) is 0 Å². The number of rotatable bonds is 3. The Hall–Kier alpha value is -2.54. The maximum atomic E-state index is 4.72. The second-order valence-corrected chi connectivity index (χ2v) is 10.5. The predicted octanol–water partition coefficient (Wildman–Crippen LogP) is 5.34. The summed E-state index contributed by atoms with van der Waals surface area (Å²) >= 11 is 0. The third kappa shape index (κ3) is 7.28. The van der Waals surface area contributed by atoms with Crippen LogP contribution in [-0.4, -0.2) is 8.07 Å². The van der Waals surface area contributed by atoms with E-state index in [1.54, 1.807) is 0 Å². The van der Waals surface area contributed by atoms with Crippen molar-refractivity contribution in [2.24, 2.45) is 0 Å². The molecule has 31 heavy (non-hydrogen) atoms. The van der Waals surface area contributed by atoms with Gasteiger partial charge in [0, 0.05) is 8.07 Å². The van der Waals surface area contributed by atoms with Crippen LogP contribution in [0.4, 0.5) is 0 Å². The first-order valence-electron chi connectivity index (χ1n) is 10.2. The van der Waals surface area contributed by atoms with Gasteiger partial charge >= 0.3 is 26.2 Å². The molecule has 5 rings (SSSR count). The Bertz CT molecular complexity index is 865. The van der Waals surface area contributed by atoms with E-state index in [9.17, 15) is 0 Å². The van der Waals surface area contributed by atoms with Crippen LogP contribution in [0.1, 0.15) is 0 Å². The Morgan fingerprint density at radius 1 is 0.419 bits per heavy atom. The molecule has 2 heteroatoms. The normalized spacial score (nSPS) is 9.84. The van der Waals surface area contributed by atoms with Gasteiger partial charge in [-0.3, -0.25) is 0 Å². The van der Waals surface area contributed by atoms with E-state index in [1.807, 2.05) is 60.7 Å². The summed E-state index contributed by atoms with van der Waals surface area (Å²) in [4.78, 5) is 0. The van der Waals surface area contributed by atoms with Crippen molar-refractivity contribution in [3.8, 4) is 0 Å². The van der Waals surface area contributed by atoms with Crippen LogP contribution in [0.25, 0.3) is 0 Å². The Morgan fingerprint density at radius 3 is 0.871 bits per heavy atom. The zero-order valence-corrected chi connectivity index (χ0v) is 21.1. The molecule has 0 fully saturated rings. The van der Waals surface area contributed by atoms with Crippen LogP contribution in [0.3, 0.4) is 0 Å². The maximum absolute atomic E-state index is 4.72. The first-order chi connectivity index (χ1) is 14.8. The molecule has 0 aromatic heterocycles. The topological polar surface area (TPSA) is 0 Å². The van der Waals surface area contributed by atoms with Crippen molar-refractivity contribution in [3.63, 3.8) is 0 Å². The maximum Gasteiger partial charge on any atom is 3.00 e. The molecule has 5 aromatic carbocycles. The van der Waals surface area contributed by atoms with Gasteiger partial charge in [0.25, 0.3) is 0 Å². The van der Waals surface area contributed by atoms with Crippen molar-refractivity contribution < 1.29 is 26.2 Å². The van der Waals surface area contributed by atoms with Crippen LogP contribution >= 0.6 is 0 Å². The monoisotopic (exact) mass is 493 g/mol. The number of benzene rings is 3. The fraction of sp³-hybridized carbons (Fsp3) is 0. The van der Waals surface area contributed by atoms with Gasteiger partial charge in [-0.1, -0.05) is 107 Å². The third-order valence-corrected chi connectivity index (χ3v) is 8.87. The minimum atomic E-state index is -2.13. The smallest absolute Gasteiger partial charge is 0.329 e. The molecule has 151 valence electrons. The van der Waals surface area contributed by atoms with E-state index in [0.717, 1.165) is 0 Å². The van der Waals surface area contributed by atoms with Gasteiger partial charge < -0.3 is 6.55 Å². The minimum Gasteiger partial charge on any atom is -0.329 e. The third-order valence-electron chi connectivity index (χ3n) is 4.91. The molecule has 0 spiro atoms. The molecule has 0 atom stereocenters. The van der Waals surface area contributed by atoms with E-state index < -0.39 is 8.07 Å². The summed E-state index contributed by atoms with van der Waals surface area (Å²) in [5.74, 6) is 0. The molecule has 5 aromatic rings. The van der Waals surface area contributed by atoms with Gasteiger partial charge in [-0.2, -0.15) is 36.4 Å². The molecular formula is C29H27SiZr. The molecule has 0 aliphatic rings. The zero-order valence-electron chi connectivity index (χ0n) is 17.6. The largest absolute Gasteiger partial charge is 3.00 e. The quantitative estimate of drug-likeness (QED) is 0.180. The molecular weight excluding hydrogens is 468 g/mol. The molecule has 0 N–H and O–H groups in total. The van der Waals surface area contributed by atoms with Crippen LogP contribution < -0.4 is 15.6 Å². The van der Waals surface area contributed by atoms with Gasteiger partial charge in [-0.05, 0) is 0 Å². The van der Waals surface area contributed by atoms with Crippen molar-refractivity contribution in [1.82, 2.24) is 0 Å². The molecule has 0 amide bonds. The Kier molecular flexibility index (Phi) is 10.9. The fourth-order valence-corrected chi connectivity index (χ4v) is 6.59. The Labute approximate surface area is 207 Å². The summed E-state index contributed by atoms with van der Waals surface area (Å²) < 4.78 is 0. The van der Waals surface area contributed by atoms with E-state index in [4.69, 9.17) is 6.55 Å². The van der Waals surface area contributed by atoms with Crippen LogP contribution in [0.5, 0.6) is 0 Å². The van der Waals surface area contributed by atoms with Gasteiger partial charge in [-0.25, -0.2) is 24.3 Å². The van der Waals surface area contributed by atoms with Gasteiger partial charge in [0.05, 0.1) is 0 Å². The van der Waals surface area contributed by atoms with Gasteiger partial charge in [0.1, 0.15) is 0 Å². The van der Waals surface area contributed by atoms with Gasteiger partial charge in [0.15, 0.2) is 0 Å². The molecule has 0 saturated carbocycles. The molecule has 0 bridgehead atoms. The molecule has 0 heterocycles. The van der Waals surface area contributed by atoms with Crippen LogP contribution in [0.15, 0.2) is 152 Å². The van der Waals surface area contributed by atoms with Crippen LogP contribution in [0.2, 0.25) is 0 Å². The average molecular weight is 495 g/mol. The Morgan fingerprint density at radius 2 is 0.677 bits per heavy atom. The standard InChI is InChI=1S/C19H17Si.2C5H5.Zr/c1-20(17-11-5-2-6-12-17,18-13-7-3-8-14-18)19-15-9-4-10-16-19;2*1-2-4-5-3-1;/h2-16H,1H2;2*1-5H;/q3*-1;+3. The Balaban J connectivity index is 0.000000254. The van der Waals surface area contributed by atoms with Crippen LogP contribution in [0, 0.1) is 6.55 Å². The first kappa shape index (κ1) is 24.7. The van der Waals surface area contributed by atoms with Crippen LogP contribution in [-0.2, 0) is 26.2 Å². The van der Waals surface area contributed by atoms with Crippen molar-refractivity contribution in [1.29, 1.82) is 0 Å². The van der Waals surface area contributed by atoms with Crippen molar-refractivity contribution >= 4 is 23.6 Å². The molecule has 0 aliphatic heterocycles. The second kappa shape index (κ2) is 13.7. The second-order valence-electron chi connectivity index (χ2n) is 6.93. The van der Waals surface area contributed by atoms with E-state index >= 15 is 0 Å². The molecule has 1 radical (unpaired) electrons. The summed E-state index contributed by atoms with van der Waals surface area (Å²) in [5, 5.41) is 4.03. The van der Waals surface area contributed by atoms with Crippen molar-refractivity contribution in [3.05, 3.63) is 158 Å². The molecule has 0 saturated heterocycles. The number of hydrogen-bond acceptors (Lipinski definition) is 0.